The number of nitrogens with zero attached hydrogens (tertiary/aromatic N) is 3. The summed E-state index contributed by atoms with van der Waals surface area (Å²) >= 11 is 0. The van der Waals surface area contributed by atoms with Crippen molar-refractivity contribution in [1.29, 1.82) is 0 Å². The minimum Gasteiger partial charge on any atom is -0.512 e. The molecule has 0 saturated heterocycles. The van der Waals surface area contributed by atoms with Crippen molar-refractivity contribution in [3.8, 4) is 44.9 Å². The zero-order valence-electron chi connectivity index (χ0n) is 45.2. The Labute approximate surface area is 481 Å². The number of carbonyl (C=O) groups is 2. The molecule has 0 bridgehead atoms. The van der Waals surface area contributed by atoms with Crippen LogP contribution in [0.1, 0.15) is 70.7 Å². The van der Waals surface area contributed by atoms with E-state index in [1.165, 1.54) is 100 Å². The molecule has 10 aromatic rings. The quantitative estimate of drug-likeness (QED) is 0.0738. The van der Waals surface area contributed by atoms with E-state index < -0.39 is 0 Å². The standard InChI is InChI=1S/C21H20N.C20H14N.C17H14N.2C5H8O2.2Ir/c1-21(2,3)19-12-13-20(22-15-19)18-11-7-10-17(14-18)16-8-5-4-6-9-16;1-14-5-4-7-16(11-14)20-12-19-17(13-21-20)10-9-15-6-2-3-8-18(15)19;1-12-8-9-15-13(2)11-16(18-17(15)10-12)14-6-4-3-5-7-14;2*1-4(6)3-5(2)7;;/h4-10,12-15H,1-3H3;2-6,8-13H,1H3;3-6,8-11H,1-2H3;2*3,6H,1-2H3;;/q3*-1;;;;. The minimum absolute atomic E-state index is 0. The molecule has 0 unspecified atom stereocenters. The first-order chi connectivity index (χ1) is 35.8. The van der Waals surface area contributed by atoms with E-state index in [9.17, 15) is 9.59 Å². The molecular weight excluding hydrogens is 1310 g/mol. The van der Waals surface area contributed by atoms with Crippen LogP contribution in [0.3, 0.4) is 0 Å². The molecule has 0 spiro atoms. The molecule has 0 atom stereocenters. The molecule has 0 amide bonds. The maximum atomic E-state index is 10.0. The van der Waals surface area contributed by atoms with Crippen molar-refractivity contribution in [2.75, 3.05) is 0 Å². The summed E-state index contributed by atoms with van der Waals surface area (Å²) in [6.07, 6.45) is 6.26. The fourth-order valence-electron chi connectivity index (χ4n) is 7.99. The van der Waals surface area contributed by atoms with Crippen LogP contribution in [0, 0.1) is 39.0 Å². The van der Waals surface area contributed by atoms with Gasteiger partial charge in [-0.15, -0.1) is 107 Å². The number of rotatable bonds is 6. The van der Waals surface area contributed by atoms with E-state index in [-0.39, 0.29) is 68.7 Å². The Kier molecular flexibility index (Phi) is 23.9. The van der Waals surface area contributed by atoms with Gasteiger partial charge in [0.2, 0.25) is 0 Å². The molecule has 10 rings (SSSR count). The molecule has 0 fully saturated rings. The van der Waals surface area contributed by atoms with Crippen molar-refractivity contribution in [2.45, 2.75) is 74.7 Å². The van der Waals surface area contributed by atoms with Gasteiger partial charge in [0.15, 0.2) is 11.6 Å². The van der Waals surface area contributed by atoms with E-state index in [1.54, 1.807) is 0 Å². The monoisotopic (exact) mass is 1370 g/mol. The Morgan fingerprint density at radius 2 is 1.08 bits per heavy atom. The molecule has 2 radical (unpaired) electrons. The fourth-order valence-corrected chi connectivity index (χ4v) is 7.99. The van der Waals surface area contributed by atoms with Crippen LogP contribution in [-0.2, 0) is 55.2 Å². The number of allylic oxidation sites excluding steroid dienone is 4. The molecule has 77 heavy (non-hydrogen) atoms. The summed E-state index contributed by atoms with van der Waals surface area (Å²) < 4.78 is 0. The van der Waals surface area contributed by atoms with E-state index in [0.717, 1.165) is 39.3 Å². The normalized spacial score (nSPS) is 10.9. The van der Waals surface area contributed by atoms with Crippen LogP contribution in [0.25, 0.3) is 77.3 Å². The molecule has 396 valence electrons. The Bertz CT molecular complexity index is 3570. The van der Waals surface area contributed by atoms with E-state index in [4.69, 9.17) is 15.2 Å². The summed E-state index contributed by atoms with van der Waals surface area (Å²) in [7, 11) is 0. The summed E-state index contributed by atoms with van der Waals surface area (Å²) in [5.41, 5.74) is 14.6. The first-order valence-electron chi connectivity index (χ1n) is 24.8. The number of aliphatic hydroxyl groups excluding tert-OH is 2. The Morgan fingerprint density at radius 3 is 1.68 bits per heavy atom. The molecule has 7 nitrogen and oxygen atoms in total. The average molecular weight is 1370 g/mol. The topological polar surface area (TPSA) is 113 Å². The van der Waals surface area contributed by atoms with Crippen molar-refractivity contribution in [3.05, 3.63) is 246 Å². The maximum Gasteiger partial charge on any atom is 0.155 e. The third kappa shape index (κ3) is 18.9. The number of fused-ring (bicyclic) bond motifs is 4. The van der Waals surface area contributed by atoms with Gasteiger partial charge in [-0.2, -0.15) is 0 Å². The van der Waals surface area contributed by atoms with Gasteiger partial charge in [0.25, 0.3) is 0 Å². The number of carbonyl (C=O) groups excluding carboxylic acids is 2. The first-order valence-corrected chi connectivity index (χ1v) is 24.8. The van der Waals surface area contributed by atoms with E-state index in [1.807, 2.05) is 54.9 Å². The molecule has 0 aliphatic carbocycles. The van der Waals surface area contributed by atoms with Crippen LogP contribution in [0.15, 0.2) is 206 Å². The fraction of sp³-hybridized carbons (Fsp3) is 0.162. The molecule has 0 aliphatic heterocycles. The third-order valence-corrected chi connectivity index (χ3v) is 11.7. The van der Waals surface area contributed by atoms with E-state index in [2.05, 4.69) is 197 Å². The predicted molar refractivity (Wildman–Crippen MR) is 311 cm³/mol. The zero-order chi connectivity index (χ0) is 54.1. The molecule has 9 heteroatoms. The summed E-state index contributed by atoms with van der Waals surface area (Å²) in [5.74, 6) is -0.125. The third-order valence-electron chi connectivity index (χ3n) is 11.7. The maximum absolute atomic E-state index is 10.0. The molecule has 0 aliphatic rings. The SMILES string of the molecule is CC(=O)C=C(C)O.CC(=O)C=C(C)O.CC(C)(C)c1ccc(-c2[c-]ccc(-c3ccccc3)c2)nc1.Cc1cc[c-]c(-c2cc3c(ccc4ccccc43)cn2)c1.Cc1ccc2c(C)cc(-c3[c-]cccc3)nc2c1.[Ir].[Ir]. The van der Waals surface area contributed by atoms with Gasteiger partial charge in [-0.25, -0.2) is 0 Å². The smallest absolute Gasteiger partial charge is 0.155 e. The van der Waals surface area contributed by atoms with Crippen LogP contribution in [0.2, 0.25) is 0 Å². The average Bonchev–Trinajstić information content (AvgIpc) is 3.39. The van der Waals surface area contributed by atoms with Gasteiger partial charge < -0.3 is 20.2 Å². The largest absolute Gasteiger partial charge is 0.512 e. The summed E-state index contributed by atoms with van der Waals surface area (Å²) in [4.78, 5) is 34.0. The number of ketones is 2. The number of pyridine rings is 3. The van der Waals surface area contributed by atoms with Crippen molar-refractivity contribution < 1.29 is 60.0 Å². The number of aromatic nitrogens is 3. The van der Waals surface area contributed by atoms with Gasteiger partial charge in [-0.05, 0) is 114 Å². The molecule has 7 aromatic carbocycles. The van der Waals surface area contributed by atoms with Crippen molar-refractivity contribution >= 4 is 44.0 Å². The summed E-state index contributed by atoms with van der Waals surface area (Å²) in [5, 5.41) is 22.9. The predicted octanol–water partition coefficient (Wildman–Crippen LogP) is 17.1. The van der Waals surface area contributed by atoms with Crippen molar-refractivity contribution in [2.24, 2.45) is 0 Å². The second-order valence-electron chi connectivity index (χ2n) is 19.3. The van der Waals surface area contributed by atoms with Crippen LogP contribution >= 0.6 is 0 Å². The molecule has 3 heterocycles. The molecule has 3 aromatic heterocycles. The van der Waals surface area contributed by atoms with Crippen LogP contribution < -0.4 is 0 Å². The summed E-state index contributed by atoms with van der Waals surface area (Å²) in [6, 6.07) is 68.2. The van der Waals surface area contributed by atoms with E-state index >= 15 is 0 Å². The molecule has 2 N–H and O–H groups in total. The molecule has 0 saturated carbocycles. The number of aryl methyl sites for hydroxylation is 3. The van der Waals surface area contributed by atoms with Gasteiger partial charge in [0.05, 0.1) is 17.0 Å². The van der Waals surface area contributed by atoms with Gasteiger partial charge in [0, 0.05) is 70.1 Å². The van der Waals surface area contributed by atoms with Crippen LogP contribution in [0.5, 0.6) is 0 Å². The van der Waals surface area contributed by atoms with Gasteiger partial charge in [-0.1, -0.05) is 131 Å². The Balaban J connectivity index is 0.000000220. The van der Waals surface area contributed by atoms with Gasteiger partial charge in [-0.3, -0.25) is 14.6 Å². The molecular formula is C68H64Ir2N3O4-3. The second kappa shape index (κ2) is 29.7. The minimum atomic E-state index is -0.125. The number of hydrogen-bond donors (Lipinski definition) is 2. The Morgan fingerprint density at radius 1 is 0.481 bits per heavy atom. The first kappa shape index (κ1) is 62.0. The summed E-state index contributed by atoms with van der Waals surface area (Å²) in [6.45, 7) is 18.6. The van der Waals surface area contributed by atoms with Gasteiger partial charge in [0.1, 0.15) is 0 Å². The van der Waals surface area contributed by atoms with Crippen LogP contribution in [0.4, 0.5) is 0 Å². The van der Waals surface area contributed by atoms with E-state index in [0.29, 0.717) is 0 Å². The zero-order valence-corrected chi connectivity index (χ0v) is 50.0. The number of hydrogen-bond acceptors (Lipinski definition) is 7. The van der Waals surface area contributed by atoms with Crippen molar-refractivity contribution in [3.63, 3.8) is 0 Å². The Hall–Kier alpha value is -7.51. The van der Waals surface area contributed by atoms with Crippen LogP contribution in [-0.4, -0.2) is 36.7 Å². The van der Waals surface area contributed by atoms with Crippen molar-refractivity contribution in [1.82, 2.24) is 15.0 Å². The number of benzene rings is 7. The second-order valence-corrected chi connectivity index (χ2v) is 19.3. The number of aliphatic hydroxyl groups is 2. The van der Waals surface area contributed by atoms with Gasteiger partial charge >= 0.3 is 0 Å².